The third-order valence-electron chi connectivity index (χ3n) is 18.7. The molecule has 8 nitrogen and oxygen atoms in total. The Morgan fingerprint density at radius 3 is 1.04 bits per heavy atom. The average Bonchev–Trinajstić information content (AvgIpc) is 1.57. The highest BCUT2D eigenvalue weighted by Gasteiger charge is 2.33. The predicted molar refractivity (Wildman–Crippen MR) is 376 cm³/mol. The minimum atomic E-state index is -0.129. The van der Waals surface area contributed by atoms with Crippen LogP contribution in [0, 0.1) is 11.3 Å². The molecule has 8 heteroatoms. The van der Waals surface area contributed by atoms with Gasteiger partial charge in [0.05, 0.1) is 72.2 Å². The first kappa shape index (κ1) is 53.7. The lowest BCUT2D eigenvalue weighted by Crippen LogP contribution is -2.12. The first-order valence-corrected chi connectivity index (χ1v) is 31.3. The molecule has 0 aliphatic heterocycles. The molecule has 17 rings (SSSR count). The van der Waals surface area contributed by atoms with Crippen molar-refractivity contribution < 1.29 is 0 Å². The number of rotatable bonds is 8. The van der Waals surface area contributed by atoms with Gasteiger partial charge in [0.1, 0.15) is 11.6 Å². The fraction of sp³-hybridized carbons (Fsp3) is 0.0964. The summed E-state index contributed by atoms with van der Waals surface area (Å²) in [7, 11) is 0. The van der Waals surface area contributed by atoms with Gasteiger partial charge >= 0.3 is 0 Å². The number of aromatic nitrogens is 7. The van der Waals surface area contributed by atoms with Crippen LogP contribution in [-0.4, -0.2) is 32.5 Å². The topological polar surface area (TPSA) is 73.2 Å². The van der Waals surface area contributed by atoms with Gasteiger partial charge in [-0.05, 0) is 151 Å². The number of nitriles is 1. The van der Waals surface area contributed by atoms with Crippen LogP contribution in [0.4, 0.5) is 0 Å². The summed E-state index contributed by atoms with van der Waals surface area (Å²) in [5, 5.41) is 15.3. The van der Waals surface area contributed by atoms with Gasteiger partial charge in [0.2, 0.25) is 11.6 Å². The molecule has 0 aliphatic rings. The van der Waals surface area contributed by atoms with Gasteiger partial charge in [-0.2, -0.15) is 5.26 Å². The quantitative estimate of drug-likeness (QED) is 0.152. The largest absolute Gasteiger partial charge is 0.307 e. The lowest BCUT2D eigenvalue weighted by atomic mass is 9.85. The van der Waals surface area contributed by atoms with Gasteiger partial charge in [-0.3, -0.25) is 17.9 Å². The summed E-state index contributed by atoms with van der Waals surface area (Å²) in [5.74, 6) is 1.36. The predicted octanol–water partition coefficient (Wildman–Crippen LogP) is 21.1. The minimum Gasteiger partial charge on any atom is -0.307 e. The van der Waals surface area contributed by atoms with Gasteiger partial charge in [0.25, 0.3) is 0 Å². The lowest BCUT2D eigenvalue weighted by Gasteiger charge is -2.24. The molecule has 0 spiro atoms. The zero-order valence-corrected chi connectivity index (χ0v) is 51.5. The van der Waals surface area contributed by atoms with Crippen LogP contribution in [0.2, 0.25) is 0 Å². The van der Waals surface area contributed by atoms with Crippen LogP contribution in [0.15, 0.2) is 267 Å². The van der Waals surface area contributed by atoms with Crippen molar-refractivity contribution in [2.24, 2.45) is 0 Å². The fourth-order valence-corrected chi connectivity index (χ4v) is 14.0. The summed E-state index contributed by atoms with van der Waals surface area (Å²) < 4.78 is 11.6. The van der Waals surface area contributed by atoms with E-state index in [1.54, 1.807) is 0 Å². The van der Waals surface area contributed by atoms with Crippen molar-refractivity contribution >= 4 is 77.5 Å². The zero-order chi connectivity index (χ0) is 61.4. The van der Waals surface area contributed by atoms with E-state index in [4.69, 9.17) is 9.97 Å². The summed E-state index contributed by atoms with van der Waals surface area (Å²) in [4.78, 5) is 11.4. The summed E-state index contributed by atoms with van der Waals surface area (Å²) >= 11 is 0. The van der Waals surface area contributed by atoms with E-state index in [2.05, 4.69) is 337 Å². The standard InChI is InChI=1S/C83H62N8/c1-82(2,3)61-36-42-69-64(48-61)65-49-62(83(4,5)6)37-43-70(65)87(69)77-50-63(56-30-20-11-21-31-56)78(90-71-40-34-59(54-26-16-9-17-27-54)46-75(71)88-73-44-57(52-22-12-7-13-23-52)32-38-67(73)85-80(88)90)66(51-84)79(77)91-72-41-35-60(55-28-18-10-19-29-55)47-76(72)89-74-45-58(53-24-14-8-15-25-53)33-39-68(74)86-81(89)91/h7-50H,1-6H3. The maximum absolute atomic E-state index is 13.0. The van der Waals surface area contributed by atoms with E-state index in [1.165, 1.54) is 11.1 Å². The van der Waals surface area contributed by atoms with E-state index in [-0.39, 0.29) is 10.8 Å². The SMILES string of the molecule is CC(C)(C)c1ccc2c(c1)c1cc(C(C)(C)C)ccc1n2-c1cc(-c2ccccc2)c(-n2c3ccc(-c4ccccc4)cc3n3c4cc(-c5ccccc5)ccc4nc23)c(C#N)c1-n1c2ccc(-c3ccccc3)cc2n2c3cc(-c4ccccc4)ccc3nc12. The Labute approximate surface area is 527 Å². The molecule has 0 saturated heterocycles. The second-order valence-corrected chi connectivity index (χ2v) is 26.2. The fourth-order valence-electron chi connectivity index (χ4n) is 14.0. The molecular weight excluding hydrogens is 1110 g/mol. The highest BCUT2D eigenvalue weighted by atomic mass is 15.2. The Bertz CT molecular complexity index is 5750. The van der Waals surface area contributed by atoms with E-state index >= 15 is 0 Å². The first-order valence-electron chi connectivity index (χ1n) is 31.3. The van der Waals surface area contributed by atoms with E-state index in [0.29, 0.717) is 28.5 Å². The lowest BCUT2D eigenvalue weighted by molar-refractivity contribution is 0.590. The van der Waals surface area contributed by atoms with Gasteiger partial charge in [-0.1, -0.05) is 230 Å². The minimum absolute atomic E-state index is 0.129. The van der Waals surface area contributed by atoms with Crippen molar-refractivity contribution in [1.29, 1.82) is 5.26 Å². The monoisotopic (exact) mass is 1170 g/mol. The number of benzene rings is 12. The molecule has 0 unspecified atom stereocenters. The maximum atomic E-state index is 13.0. The van der Waals surface area contributed by atoms with Crippen molar-refractivity contribution in [2.75, 3.05) is 0 Å². The molecule has 0 saturated carbocycles. The summed E-state index contributed by atoms with van der Waals surface area (Å²) in [5.41, 5.74) is 24.8. The van der Waals surface area contributed by atoms with Crippen molar-refractivity contribution in [3.8, 4) is 78.8 Å². The molecular formula is C83H62N8. The van der Waals surface area contributed by atoms with E-state index in [9.17, 15) is 5.26 Å². The van der Waals surface area contributed by atoms with Gasteiger partial charge < -0.3 is 4.57 Å². The highest BCUT2D eigenvalue weighted by molar-refractivity contribution is 6.11. The number of imidazole rings is 4. The summed E-state index contributed by atoms with van der Waals surface area (Å²) in [6.45, 7) is 13.7. The number of nitrogens with zero attached hydrogens (tertiary/aromatic N) is 8. The Balaban J connectivity index is 1.08. The molecule has 0 atom stereocenters. The highest BCUT2D eigenvalue weighted by Crippen LogP contribution is 2.47. The number of hydrogen-bond acceptors (Lipinski definition) is 3. The van der Waals surface area contributed by atoms with Gasteiger partial charge in [0, 0.05) is 16.3 Å². The molecule has 0 radical (unpaired) electrons. The average molecular weight is 1170 g/mol. The van der Waals surface area contributed by atoms with Gasteiger partial charge in [0.15, 0.2) is 0 Å². The van der Waals surface area contributed by atoms with Crippen LogP contribution >= 0.6 is 0 Å². The Morgan fingerprint density at radius 1 is 0.308 bits per heavy atom. The second-order valence-electron chi connectivity index (χ2n) is 26.2. The van der Waals surface area contributed by atoms with Crippen LogP contribution < -0.4 is 0 Å². The van der Waals surface area contributed by atoms with Crippen molar-refractivity contribution in [2.45, 2.75) is 52.4 Å². The van der Waals surface area contributed by atoms with Crippen LogP contribution in [-0.2, 0) is 10.8 Å². The van der Waals surface area contributed by atoms with Crippen LogP contribution in [0.5, 0.6) is 0 Å². The van der Waals surface area contributed by atoms with Crippen molar-refractivity contribution in [3.63, 3.8) is 0 Å². The second kappa shape index (κ2) is 20.3. The first-order chi connectivity index (χ1) is 44.4. The normalized spacial score (nSPS) is 12.3. The van der Waals surface area contributed by atoms with Crippen molar-refractivity contribution in [3.05, 3.63) is 284 Å². The molecule has 17 aromatic rings. The Morgan fingerprint density at radius 2 is 0.659 bits per heavy atom. The van der Waals surface area contributed by atoms with Gasteiger partial charge in [-0.15, -0.1) is 0 Å². The number of fused-ring (bicyclic) bond motifs is 13. The molecule has 0 bridgehead atoms. The molecule has 91 heavy (non-hydrogen) atoms. The van der Waals surface area contributed by atoms with Crippen LogP contribution in [0.1, 0.15) is 58.2 Å². The molecule has 0 amide bonds. The van der Waals surface area contributed by atoms with Crippen molar-refractivity contribution in [1.82, 2.24) is 32.5 Å². The maximum Gasteiger partial charge on any atom is 0.220 e. The Hall–Kier alpha value is -11.5. The van der Waals surface area contributed by atoms with E-state index < -0.39 is 0 Å². The molecule has 12 aromatic carbocycles. The molecule has 5 heterocycles. The van der Waals surface area contributed by atoms with Crippen LogP contribution in [0.3, 0.4) is 0 Å². The Kier molecular flexibility index (Phi) is 12.0. The molecule has 0 aliphatic carbocycles. The molecule has 5 aromatic heterocycles. The van der Waals surface area contributed by atoms with E-state index in [1.807, 2.05) is 0 Å². The third-order valence-corrected chi connectivity index (χ3v) is 18.7. The molecule has 434 valence electrons. The zero-order valence-electron chi connectivity index (χ0n) is 51.5. The van der Waals surface area contributed by atoms with Crippen LogP contribution in [0.25, 0.3) is 150 Å². The van der Waals surface area contributed by atoms with Gasteiger partial charge in [-0.25, -0.2) is 9.97 Å². The smallest absolute Gasteiger partial charge is 0.220 e. The summed E-state index contributed by atoms with van der Waals surface area (Å²) in [6, 6.07) is 98.8. The molecule has 0 fully saturated rings. The molecule has 0 N–H and O–H groups in total. The summed E-state index contributed by atoms with van der Waals surface area (Å²) in [6.07, 6.45) is 0. The number of hydrogen-bond donors (Lipinski definition) is 0. The third kappa shape index (κ3) is 8.49. The van der Waals surface area contributed by atoms with E-state index in [0.717, 1.165) is 127 Å².